The van der Waals surface area contributed by atoms with Crippen LogP contribution >= 0.6 is 0 Å². The van der Waals surface area contributed by atoms with Crippen LogP contribution in [-0.2, 0) is 7.05 Å². The number of aromatic nitrogens is 2. The number of nitrogens with zero attached hydrogens (tertiary/aromatic N) is 3. The fraction of sp³-hybridized carbons (Fsp3) is 0.750. The molecule has 1 saturated heterocycles. The summed E-state index contributed by atoms with van der Waals surface area (Å²) in [5.74, 6) is 0.624. The van der Waals surface area contributed by atoms with Gasteiger partial charge in [-0.3, -0.25) is 4.68 Å². The summed E-state index contributed by atoms with van der Waals surface area (Å²) in [7, 11) is 1.89. The minimum atomic E-state index is -0.00664. The van der Waals surface area contributed by atoms with Gasteiger partial charge in [0.1, 0.15) is 0 Å². The van der Waals surface area contributed by atoms with Crippen LogP contribution in [0.1, 0.15) is 58.1 Å². The normalized spacial score (nSPS) is 20.6. The number of aryl methyl sites for hydroxylation is 1. The molecule has 2 amide bonds. The Morgan fingerprint density at radius 3 is 2.81 bits per heavy atom. The molecule has 0 bridgehead atoms. The molecule has 1 N–H and O–H groups in total. The van der Waals surface area contributed by atoms with Crippen molar-refractivity contribution in [3.8, 4) is 0 Å². The fourth-order valence-electron chi connectivity index (χ4n) is 3.07. The maximum atomic E-state index is 12.6. The van der Waals surface area contributed by atoms with Gasteiger partial charge in [0.2, 0.25) is 0 Å². The molecule has 1 aliphatic rings. The average molecular weight is 292 g/mol. The molecule has 0 radical (unpaired) electrons. The summed E-state index contributed by atoms with van der Waals surface area (Å²) in [6, 6.07) is 0.448. The van der Waals surface area contributed by atoms with Gasteiger partial charge in [0.25, 0.3) is 0 Å². The molecule has 21 heavy (non-hydrogen) atoms. The van der Waals surface area contributed by atoms with Crippen molar-refractivity contribution in [1.29, 1.82) is 0 Å². The predicted octanol–water partition coefficient (Wildman–Crippen LogP) is 3.09. The molecule has 0 unspecified atom stereocenters. The molecule has 0 saturated carbocycles. The van der Waals surface area contributed by atoms with E-state index in [1.807, 2.05) is 31.3 Å². The zero-order valence-electron chi connectivity index (χ0n) is 13.7. The predicted molar refractivity (Wildman–Crippen MR) is 84.0 cm³/mol. The van der Waals surface area contributed by atoms with Crippen molar-refractivity contribution in [2.75, 3.05) is 6.54 Å². The number of piperidine rings is 1. The first-order chi connectivity index (χ1) is 9.97. The van der Waals surface area contributed by atoms with Gasteiger partial charge >= 0.3 is 6.03 Å². The van der Waals surface area contributed by atoms with E-state index >= 15 is 0 Å². The average Bonchev–Trinajstić information content (AvgIpc) is 2.85. The Kier molecular flexibility index (Phi) is 5.26. The Morgan fingerprint density at radius 2 is 2.19 bits per heavy atom. The number of carbonyl (C=O) groups excluding carboxylic acids is 1. The molecule has 118 valence electrons. The Balaban J connectivity index is 1.96. The van der Waals surface area contributed by atoms with Crippen molar-refractivity contribution in [3.63, 3.8) is 0 Å². The zero-order valence-corrected chi connectivity index (χ0v) is 13.7. The van der Waals surface area contributed by atoms with Crippen LogP contribution in [0, 0.1) is 5.92 Å². The van der Waals surface area contributed by atoms with E-state index in [0.29, 0.717) is 12.0 Å². The Hall–Kier alpha value is -1.52. The molecule has 5 nitrogen and oxygen atoms in total. The van der Waals surface area contributed by atoms with Crippen LogP contribution in [0.3, 0.4) is 0 Å². The lowest BCUT2D eigenvalue weighted by molar-refractivity contribution is 0.137. The quantitative estimate of drug-likeness (QED) is 0.927. The van der Waals surface area contributed by atoms with Crippen molar-refractivity contribution in [2.45, 2.75) is 58.5 Å². The van der Waals surface area contributed by atoms with Crippen LogP contribution < -0.4 is 5.32 Å². The van der Waals surface area contributed by atoms with Crippen LogP contribution in [0.2, 0.25) is 0 Å². The minimum absolute atomic E-state index is 0.00664. The third-order valence-electron chi connectivity index (χ3n) is 4.20. The van der Waals surface area contributed by atoms with Gasteiger partial charge in [-0.1, -0.05) is 13.8 Å². The highest BCUT2D eigenvalue weighted by molar-refractivity contribution is 5.75. The van der Waals surface area contributed by atoms with E-state index in [1.165, 1.54) is 6.42 Å². The summed E-state index contributed by atoms with van der Waals surface area (Å²) >= 11 is 0. The summed E-state index contributed by atoms with van der Waals surface area (Å²) in [5.41, 5.74) is 1.04. The number of rotatable bonds is 4. The van der Waals surface area contributed by atoms with Crippen LogP contribution in [0.5, 0.6) is 0 Å². The van der Waals surface area contributed by atoms with Crippen LogP contribution in [0.15, 0.2) is 12.4 Å². The largest absolute Gasteiger partial charge is 0.331 e. The number of carbonyl (C=O) groups is 1. The molecule has 0 spiro atoms. The smallest absolute Gasteiger partial charge is 0.318 e. The summed E-state index contributed by atoms with van der Waals surface area (Å²) in [6.45, 7) is 7.34. The molecule has 2 heterocycles. The molecule has 1 aromatic heterocycles. The van der Waals surface area contributed by atoms with Gasteiger partial charge in [-0.05, 0) is 38.5 Å². The highest BCUT2D eigenvalue weighted by Gasteiger charge is 2.28. The van der Waals surface area contributed by atoms with E-state index in [4.69, 9.17) is 0 Å². The zero-order chi connectivity index (χ0) is 15.4. The molecule has 0 aromatic carbocycles. The summed E-state index contributed by atoms with van der Waals surface area (Å²) < 4.78 is 1.76. The van der Waals surface area contributed by atoms with Crippen molar-refractivity contribution in [2.24, 2.45) is 13.0 Å². The topological polar surface area (TPSA) is 50.2 Å². The first kappa shape index (κ1) is 15.9. The molecule has 1 aliphatic heterocycles. The van der Waals surface area contributed by atoms with E-state index in [9.17, 15) is 4.79 Å². The Morgan fingerprint density at radius 1 is 1.43 bits per heavy atom. The number of amides is 2. The number of likely N-dealkylation sites (tertiary alicyclic amines) is 1. The summed E-state index contributed by atoms with van der Waals surface area (Å²) in [5, 5.41) is 7.28. The molecule has 5 heteroatoms. The van der Waals surface area contributed by atoms with Crippen molar-refractivity contribution >= 4 is 6.03 Å². The second-order valence-corrected chi connectivity index (χ2v) is 6.59. The van der Waals surface area contributed by atoms with Crippen LogP contribution in [0.25, 0.3) is 0 Å². The standard InChI is InChI=1S/C16H28N4O/c1-12(2)9-15-7-5-6-8-20(15)16(21)18-13(3)14-10-17-19(4)11-14/h10-13,15H,5-9H2,1-4H3,(H,18,21)/t13-,15+/m0/s1. The van der Waals surface area contributed by atoms with Crippen LogP contribution in [-0.4, -0.2) is 33.3 Å². The van der Waals surface area contributed by atoms with Gasteiger partial charge in [-0.15, -0.1) is 0 Å². The van der Waals surface area contributed by atoms with E-state index < -0.39 is 0 Å². The second-order valence-electron chi connectivity index (χ2n) is 6.59. The number of urea groups is 1. The van der Waals surface area contributed by atoms with Gasteiger partial charge in [0.15, 0.2) is 0 Å². The fourth-order valence-corrected chi connectivity index (χ4v) is 3.07. The molecule has 0 aliphatic carbocycles. The van der Waals surface area contributed by atoms with Gasteiger partial charge in [0, 0.05) is 31.4 Å². The van der Waals surface area contributed by atoms with Gasteiger partial charge in [0.05, 0.1) is 12.2 Å². The minimum Gasteiger partial charge on any atom is -0.331 e. The third kappa shape index (κ3) is 4.22. The van der Waals surface area contributed by atoms with Crippen molar-refractivity contribution < 1.29 is 4.79 Å². The SMILES string of the molecule is CC(C)C[C@H]1CCCCN1C(=O)N[C@@H](C)c1cnn(C)c1. The molecule has 2 atom stereocenters. The molecule has 1 aromatic rings. The number of hydrogen-bond acceptors (Lipinski definition) is 2. The van der Waals surface area contributed by atoms with E-state index in [0.717, 1.165) is 31.4 Å². The summed E-state index contributed by atoms with van der Waals surface area (Å²) in [6.07, 6.45) is 8.34. The van der Waals surface area contributed by atoms with E-state index in [2.05, 4.69) is 24.3 Å². The molecular weight excluding hydrogens is 264 g/mol. The lowest BCUT2D eigenvalue weighted by atomic mass is 9.94. The first-order valence-electron chi connectivity index (χ1n) is 8.03. The van der Waals surface area contributed by atoms with Crippen molar-refractivity contribution in [3.05, 3.63) is 18.0 Å². The molecule has 2 rings (SSSR count). The van der Waals surface area contributed by atoms with Gasteiger partial charge in [-0.2, -0.15) is 5.10 Å². The third-order valence-corrected chi connectivity index (χ3v) is 4.20. The Labute approximate surface area is 127 Å². The van der Waals surface area contributed by atoms with Crippen LogP contribution in [0.4, 0.5) is 4.79 Å². The van der Waals surface area contributed by atoms with Crippen molar-refractivity contribution in [1.82, 2.24) is 20.0 Å². The van der Waals surface area contributed by atoms with Gasteiger partial charge in [-0.25, -0.2) is 4.79 Å². The summed E-state index contributed by atoms with van der Waals surface area (Å²) in [4.78, 5) is 14.6. The molecule has 1 fully saturated rings. The lowest BCUT2D eigenvalue weighted by Crippen LogP contribution is -2.49. The Bertz CT molecular complexity index is 469. The highest BCUT2D eigenvalue weighted by atomic mass is 16.2. The highest BCUT2D eigenvalue weighted by Crippen LogP contribution is 2.23. The number of hydrogen-bond donors (Lipinski definition) is 1. The first-order valence-corrected chi connectivity index (χ1v) is 8.03. The van der Waals surface area contributed by atoms with Gasteiger partial charge < -0.3 is 10.2 Å². The van der Waals surface area contributed by atoms with E-state index in [-0.39, 0.29) is 12.1 Å². The molecular formula is C16H28N4O. The number of nitrogens with one attached hydrogen (secondary N) is 1. The maximum Gasteiger partial charge on any atom is 0.318 e. The van der Waals surface area contributed by atoms with E-state index in [1.54, 1.807) is 4.68 Å². The second kappa shape index (κ2) is 6.96. The monoisotopic (exact) mass is 292 g/mol. The lowest BCUT2D eigenvalue weighted by Gasteiger charge is -2.37. The maximum absolute atomic E-state index is 12.6.